The van der Waals surface area contributed by atoms with Crippen LogP contribution in [0, 0.1) is 11.3 Å². The van der Waals surface area contributed by atoms with Gasteiger partial charge in [-0.15, -0.1) is 0 Å². The summed E-state index contributed by atoms with van der Waals surface area (Å²) in [6.45, 7) is 5.81. The second-order valence-corrected chi connectivity index (χ2v) is 4.37. The maximum atomic E-state index is 12.1. The zero-order chi connectivity index (χ0) is 13.4. The highest BCUT2D eigenvalue weighted by Gasteiger charge is 2.12. The molecule has 0 heterocycles. The molecule has 0 aliphatic carbocycles. The molecular weight excluding hydrogens is 224 g/mol. The van der Waals surface area contributed by atoms with Crippen LogP contribution in [-0.2, 0) is 11.2 Å². The van der Waals surface area contributed by atoms with Crippen LogP contribution in [0.3, 0.4) is 0 Å². The fraction of sp³-hybridized carbons (Fsp3) is 0.467. The molecule has 0 bridgehead atoms. The van der Waals surface area contributed by atoms with Gasteiger partial charge in [0.2, 0.25) is 5.91 Å². The molecule has 0 unspecified atom stereocenters. The Balaban J connectivity index is 2.63. The molecule has 0 saturated carbocycles. The highest BCUT2D eigenvalue weighted by molar-refractivity contribution is 5.78. The predicted molar refractivity (Wildman–Crippen MR) is 72.0 cm³/mol. The first kappa shape index (κ1) is 14.2. The molecule has 18 heavy (non-hydrogen) atoms. The maximum absolute atomic E-state index is 12.1. The van der Waals surface area contributed by atoms with Crippen LogP contribution in [0.2, 0.25) is 0 Å². The monoisotopic (exact) mass is 244 g/mol. The van der Waals surface area contributed by atoms with Gasteiger partial charge >= 0.3 is 0 Å². The number of nitriles is 1. The highest BCUT2D eigenvalue weighted by Crippen LogP contribution is 2.07. The van der Waals surface area contributed by atoms with Gasteiger partial charge < -0.3 is 4.90 Å². The fourth-order valence-corrected chi connectivity index (χ4v) is 1.88. The summed E-state index contributed by atoms with van der Waals surface area (Å²) in [6.07, 6.45) is 2.39. The fourth-order valence-electron chi connectivity index (χ4n) is 1.88. The van der Waals surface area contributed by atoms with E-state index in [2.05, 4.69) is 19.9 Å². The van der Waals surface area contributed by atoms with Crippen LogP contribution >= 0.6 is 0 Å². The van der Waals surface area contributed by atoms with E-state index < -0.39 is 0 Å². The minimum atomic E-state index is 0.170. The van der Waals surface area contributed by atoms with E-state index in [4.69, 9.17) is 5.26 Å². The summed E-state index contributed by atoms with van der Waals surface area (Å²) in [5.41, 5.74) is 1.60. The Labute approximate surface area is 109 Å². The van der Waals surface area contributed by atoms with Crippen molar-refractivity contribution in [2.24, 2.45) is 0 Å². The van der Waals surface area contributed by atoms with Gasteiger partial charge in [0.25, 0.3) is 0 Å². The molecule has 1 rings (SSSR count). The summed E-state index contributed by atoms with van der Waals surface area (Å²) in [7, 11) is 0. The molecule has 96 valence electrons. The summed E-state index contributed by atoms with van der Waals surface area (Å²) in [4.78, 5) is 14.0. The van der Waals surface area contributed by atoms with Gasteiger partial charge in [-0.25, -0.2) is 0 Å². The van der Waals surface area contributed by atoms with E-state index in [1.54, 1.807) is 12.1 Å². The van der Waals surface area contributed by atoms with Crippen LogP contribution in [0.1, 0.15) is 37.8 Å². The lowest BCUT2D eigenvalue weighted by Gasteiger charge is -2.21. The summed E-state index contributed by atoms with van der Waals surface area (Å²) < 4.78 is 0. The molecule has 0 aliphatic rings. The molecule has 0 saturated heterocycles. The predicted octanol–water partition coefficient (Wildman–Crippen LogP) is 2.75. The number of benzene rings is 1. The second kappa shape index (κ2) is 7.50. The minimum absolute atomic E-state index is 0.170. The van der Waals surface area contributed by atoms with Gasteiger partial charge in [0.15, 0.2) is 0 Å². The van der Waals surface area contributed by atoms with E-state index in [9.17, 15) is 4.79 Å². The van der Waals surface area contributed by atoms with Crippen LogP contribution < -0.4 is 0 Å². The standard InChI is InChI=1S/C15H20N2O/c1-3-9-17(10-4-2)15(18)11-13-5-7-14(12-16)8-6-13/h5-8H,3-4,9-11H2,1-2H3. The lowest BCUT2D eigenvalue weighted by atomic mass is 10.1. The maximum Gasteiger partial charge on any atom is 0.226 e. The van der Waals surface area contributed by atoms with Gasteiger partial charge in [-0.3, -0.25) is 4.79 Å². The van der Waals surface area contributed by atoms with E-state index in [0.717, 1.165) is 31.5 Å². The number of rotatable bonds is 6. The summed E-state index contributed by atoms with van der Waals surface area (Å²) in [5.74, 6) is 0.170. The number of carbonyl (C=O) groups is 1. The quantitative estimate of drug-likeness (QED) is 0.772. The molecular formula is C15H20N2O. The van der Waals surface area contributed by atoms with E-state index in [-0.39, 0.29) is 5.91 Å². The molecule has 1 aromatic rings. The molecule has 1 aromatic carbocycles. The number of hydrogen-bond acceptors (Lipinski definition) is 2. The van der Waals surface area contributed by atoms with Gasteiger partial charge in [0.05, 0.1) is 18.1 Å². The Morgan fingerprint density at radius 3 is 2.17 bits per heavy atom. The number of nitrogens with zero attached hydrogens (tertiary/aromatic N) is 2. The van der Waals surface area contributed by atoms with Crippen LogP contribution in [0.25, 0.3) is 0 Å². The number of hydrogen-bond donors (Lipinski definition) is 0. The summed E-state index contributed by atoms with van der Waals surface area (Å²) in [6, 6.07) is 9.30. The average Bonchev–Trinajstić information content (AvgIpc) is 2.39. The van der Waals surface area contributed by atoms with Gasteiger partial charge in [0.1, 0.15) is 0 Å². The number of carbonyl (C=O) groups excluding carboxylic acids is 1. The third-order valence-corrected chi connectivity index (χ3v) is 2.78. The minimum Gasteiger partial charge on any atom is -0.342 e. The lowest BCUT2D eigenvalue weighted by Crippen LogP contribution is -2.33. The molecule has 0 atom stereocenters. The van der Waals surface area contributed by atoms with Crippen molar-refractivity contribution in [1.82, 2.24) is 4.90 Å². The first-order valence-electron chi connectivity index (χ1n) is 6.48. The van der Waals surface area contributed by atoms with E-state index >= 15 is 0 Å². The van der Waals surface area contributed by atoms with E-state index in [1.807, 2.05) is 17.0 Å². The smallest absolute Gasteiger partial charge is 0.226 e. The van der Waals surface area contributed by atoms with Crippen molar-refractivity contribution in [2.75, 3.05) is 13.1 Å². The normalized spacial score (nSPS) is 9.83. The lowest BCUT2D eigenvalue weighted by molar-refractivity contribution is -0.130. The van der Waals surface area contributed by atoms with Crippen molar-refractivity contribution >= 4 is 5.91 Å². The molecule has 3 heteroatoms. The Morgan fingerprint density at radius 2 is 1.72 bits per heavy atom. The molecule has 0 aromatic heterocycles. The van der Waals surface area contributed by atoms with Crippen molar-refractivity contribution in [1.29, 1.82) is 5.26 Å². The largest absolute Gasteiger partial charge is 0.342 e. The van der Waals surface area contributed by atoms with Crippen LogP contribution in [0.4, 0.5) is 0 Å². The van der Waals surface area contributed by atoms with Gasteiger partial charge in [-0.2, -0.15) is 5.26 Å². The topological polar surface area (TPSA) is 44.1 Å². The third kappa shape index (κ3) is 4.21. The summed E-state index contributed by atoms with van der Waals surface area (Å²) >= 11 is 0. The zero-order valence-electron chi connectivity index (χ0n) is 11.1. The first-order chi connectivity index (χ1) is 8.71. The molecule has 0 spiro atoms. The van der Waals surface area contributed by atoms with Gasteiger partial charge in [-0.1, -0.05) is 26.0 Å². The third-order valence-electron chi connectivity index (χ3n) is 2.78. The van der Waals surface area contributed by atoms with Crippen molar-refractivity contribution in [3.63, 3.8) is 0 Å². The Bertz CT molecular complexity index is 411. The van der Waals surface area contributed by atoms with Crippen LogP contribution in [0.15, 0.2) is 24.3 Å². The summed E-state index contributed by atoms with van der Waals surface area (Å²) in [5, 5.41) is 8.71. The Kier molecular flexibility index (Phi) is 5.93. The van der Waals surface area contributed by atoms with Crippen molar-refractivity contribution in [3.8, 4) is 6.07 Å². The average molecular weight is 244 g/mol. The highest BCUT2D eigenvalue weighted by atomic mass is 16.2. The second-order valence-electron chi connectivity index (χ2n) is 4.37. The Morgan fingerprint density at radius 1 is 1.17 bits per heavy atom. The molecule has 0 aliphatic heterocycles. The van der Waals surface area contributed by atoms with Gasteiger partial charge in [0, 0.05) is 13.1 Å². The SMILES string of the molecule is CCCN(CCC)C(=O)Cc1ccc(C#N)cc1. The Hall–Kier alpha value is -1.82. The van der Waals surface area contributed by atoms with Crippen molar-refractivity contribution in [3.05, 3.63) is 35.4 Å². The molecule has 0 fully saturated rings. The molecule has 3 nitrogen and oxygen atoms in total. The van der Waals surface area contributed by atoms with Crippen molar-refractivity contribution in [2.45, 2.75) is 33.1 Å². The molecule has 0 radical (unpaired) electrons. The van der Waals surface area contributed by atoms with E-state index in [1.165, 1.54) is 0 Å². The zero-order valence-corrected chi connectivity index (χ0v) is 11.1. The van der Waals surface area contributed by atoms with E-state index in [0.29, 0.717) is 12.0 Å². The number of amides is 1. The molecule has 0 N–H and O–H groups in total. The van der Waals surface area contributed by atoms with Gasteiger partial charge in [-0.05, 0) is 30.5 Å². The van der Waals surface area contributed by atoms with Crippen LogP contribution in [0.5, 0.6) is 0 Å². The van der Waals surface area contributed by atoms with Crippen molar-refractivity contribution < 1.29 is 4.79 Å². The van der Waals surface area contributed by atoms with Crippen LogP contribution in [-0.4, -0.2) is 23.9 Å². The first-order valence-corrected chi connectivity index (χ1v) is 6.48. The molecule has 1 amide bonds.